The number of nitrogens with zero attached hydrogens (tertiary/aromatic N) is 4. The van der Waals surface area contributed by atoms with E-state index in [0.29, 0.717) is 24.6 Å². The molecule has 2 atom stereocenters. The highest BCUT2D eigenvalue weighted by molar-refractivity contribution is 7.22. The number of benzene rings is 1. The third kappa shape index (κ3) is 4.69. The van der Waals surface area contributed by atoms with Crippen molar-refractivity contribution in [3.63, 3.8) is 0 Å². The molecule has 30 heavy (non-hydrogen) atoms. The van der Waals surface area contributed by atoms with Crippen molar-refractivity contribution >= 4 is 44.3 Å². The maximum Gasteiger partial charge on any atom is 0.311 e. The number of piperazine rings is 1. The molecule has 1 aromatic carbocycles. The summed E-state index contributed by atoms with van der Waals surface area (Å²) in [4.78, 5) is 20.2. The van der Waals surface area contributed by atoms with Crippen LogP contribution in [0.4, 0.5) is 5.13 Å². The Balaban J connectivity index is 1.33. The molecule has 10 heteroatoms. The molecule has 0 spiro atoms. The Morgan fingerprint density at radius 1 is 1.33 bits per heavy atom. The molecular weight excluding hydrogens is 428 g/mol. The van der Waals surface area contributed by atoms with E-state index in [1.165, 1.54) is 6.07 Å². The minimum absolute atomic E-state index is 0.204. The van der Waals surface area contributed by atoms with Gasteiger partial charge in [0.1, 0.15) is 13.0 Å². The van der Waals surface area contributed by atoms with E-state index in [2.05, 4.69) is 28.8 Å². The molecule has 1 aliphatic rings. The third-order valence-electron chi connectivity index (χ3n) is 5.17. The number of thiazole rings is 1. The highest BCUT2D eigenvalue weighted by Crippen LogP contribution is 2.32. The van der Waals surface area contributed by atoms with Gasteiger partial charge in [-0.2, -0.15) is 0 Å². The summed E-state index contributed by atoms with van der Waals surface area (Å²) < 4.78 is 11.7. The van der Waals surface area contributed by atoms with Crippen molar-refractivity contribution in [3.05, 3.63) is 35.0 Å². The standard InChI is InChI=1S/C20H23ClN4O4S/c1-12-10-24(20-22-16-4-3-14(21)7-17(16)30-20)11-13(2)25(12)5-6-28-18-8-15(29-23-18)9-19(26)27/h3-4,7-8,12-13H,5-6,9-11H2,1-2H3,(H,26,27)/t12-,13+. The van der Waals surface area contributed by atoms with Gasteiger partial charge >= 0.3 is 5.97 Å². The van der Waals surface area contributed by atoms with Crippen LogP contribution in [-0.2, 0) is 11.2 Å². The van der Waals surface area contributed by atoms with Gasteiger partial charge in [0.2, 0.25) is 0 Å². The Kier molecular flexibility index (Phi) is 6.12. The van der Waals surface area contributed by atoms with Gasteiger partial charge in [0.05, 0.1) is 10.2 Å². The number of rotatable bonds is 7. The van der Waals surface area contributed by atoms with Gasteiger partial charge in [-0.15, -0.1) is 0 Å². The van der Waals surface area contributed by atoms with Crippen LogP contribution in [0.15, 0.2) is 28.8 Å². The Labute approximate surface area is 183 Å². The number of carbonyl (C=O) groups is 1. The molecule has 0 radical (unpaired) electrons. The molecule has 1 aliphatic heterocycles. The van der Waals surface area contributed by atoms with E-state index in [1.54, 1.807) is 11.3 Å². The molecule has 1 fully saturated rings. The summed E-state index contributed by atoms with van der Waals surface area (Å²) in [7, 11) is 0. The molecular formula is C20H23ClN4O4S. The molecule has 0 saturated carbocycles. The average molecular weight is 451 g/mol. The second kappa shape index (κ2) is 8.79. The predicted molar refractivity (Wildman–Crippen MR) is 116 cm³/mol. The number of hydrogen-bond donors (Lipinski definition) is 1. The van der Waals surface area contributed by atoms with Crippen LogP contribution in [0.2, 0.25) is 5.02 Å². The molecule has 1 saturated heterocycles. The Morgan fingerprint density at radius 2 is 2.10 bits per heavy atom. The van der Waals surface area contributed by atoms with E-state index in [4.69, 9.17) is 31.0 Å². The van der Waals surface area contributed by atoms with Crippen molar-refractivity contribution in [2.75, 3.05) is 31.1 Å². The normalized spacial score (nSPS) is 20.0. The Bertz CT molecular complexity index is 1030. The molecule has 2 aromatic heterocycles. The zero-order valence-electron chi connectivity index (χ0n) is 16.7. The number of hydrogen-bond acceptors (Lipinski definition) is 8. The van der Waals surface area contributed by atoms with Gasteiger partial charge < -0.3 is 19.3 Å². The van der Waals surface area contributed by atoms with Crippen LogP contribution in [0.25, 0.3) is 10.2 Å². The first-order valence-corrected chi connectivity index (χ1v) is 11.0. The molecule has 8 nitrogen and oxygen atoms in total. The van der Waals surface area contributed by atoms with Crippen molar-refractivity contribution in [3.8, 4) is 5.88 Å². The largest absolute Gasteiger partial charge is 0.481 e. The smallest absolute Gasteiger partial charge is 0.311 e. The summed E-state index contributed by atoms with van der Waals surface area (Å²) in [5, 5.41) is 14.3. The van der Waals surface area contributed by atoms with Crippen LogP contribution in [-0.4, -0.2) is 64.4 Å². The molecule has 3 aromatic rings. The predicted octanol–water partition coefficient (Wildman–Crippen LogP) is 3.54. The van der Waals surface area contributed by atoms with Crippen LogP contribution < -0.4 is 9.64 Å². The lowest BCUT2D eigenvalue weighted by Gasteiger charge is -2.44. The minimum Gasteiger partial charge on any atom is -0.481 e. The van der Waals surface area contributed by atoms with Gasteiger partial charge in [-0.05, 0) is 37.2 Å². The number of carboxylic acid groups (broad SMARTS) is 1. The number of halogens is 1. The fourth-order valence-electron chi connectivity index (χ4n) is 3.83. The summed E-state index contributed by atoms with van der Waals surface area (Å²) in [6.45, 7) is 7.36. The quantitative estimate of drug-likeness (QED) is 0.584. The number of fused-ring (bicyclic) bond motifs is 1. The molecule has 1 N–H and O–H groups in total. The van der Waals surface area contributed by atoms with Crippen LogP contribution in [0.5, 0.6) is 5.88 Å². The number of carboxylic acids is 1. The van der Waals surface area contributed by atoms with Gasteiger partial charge in [-0.3, -0.25) is 9.69 Å². The highest BCUT2D eigenvalue weighted by Gasteiger charge is 2.30. The maximum atomic E-state index is 10.7. The van der Waals surface area contributed by atoms with E-state index < -0.39 is 5.97 Å². The molecule has 0 unspecified atom stereocenters. The fourth-order valence-corrected chi connectivity index (χ4v) is 5.08. The van der Waals surface area contributed by atoms with Crippen molar-refractivity contribution in [1.82, 2.24) is 15.0 Å². The van der Waals surface area contributed by atoms with Crippen LogP contribution in [0.3, 0.4) is 0 Å². The first-order valence-electron chi connectivity index (χ1n) is 9.76. The van der Waals surface area contributed by atoms with Gasteiger partial charge in [0.15, 0.2) is 10.9 Å². The van der Waals surface area contributed by atoms with E-state index in [9.17, 15) is 4.79 Å². The zero-order valence-corrected chi connectivity index (χ0v) is 18.3. The number of anilines is 1. The van der Waals surface area contributed by atoms with Gasteiger partial charge in [0, 0.05) is 42.8 Å². The monoisotopic (exact) mass is 450 g/mol. The van der Waals surface area contributed by atoms with Crippen LogP contribution >= 0.6 is 22.9 Å². The lowest BCUT2D eigenvalue weighted by atomic mass is 10.1. The van der Waals surface area contributed by atoms with E-state index in [0.717, 1.165) is 40.0 Å². The van der Waals surface area contributed by atoms with Crippen molar-refractivity contribution in [2.24, 2.45) is 0 Å². The minimum atomic E-state index is -0.963. The van der Waals surface area contributed by atoms with Crippen molar-refractivity contribution < 1.29 is 19.2 Å². The Hall–Kier alpha value is -2.36. The topological polar surface area (TPSA) is 91.9 Å². The number of ether oxygens (including phenoxy) is 1. The first kappa shape index (κ1) is 20.9. The van der Waals surface area contributed by atoms with Crippen molar-refractivity contribution in [2.45, 2.75) is 32.4 Å². The number of aliphatic carboxylic acids is 1. The highest BCUT2D eigenvalue weighted by atomic mass is 35.5. The van der Waals surface area contributed by atoms with E-state index in [1.807, 2.05) is 18.2 Å². The number of aromatic nitrogens is 2. The molecule has 0 amide bonds. The summed E-state index contributed by atoms with van der Waals surface area (Å²) in [6.07, 6.45) is -0.204. The lowest BCUT2D eigenvalue weighted by molar-refractivity contribution is -0.136. The van der Waals surface area contributed by atoms with Crippen LogP contribution in [0, 0.1) is 0 Å². The molecule has 0 bridgehead atoms. The van der Waals surface area contributed by atoms with Gasteiger partial charge in [0.25, 0.3) is 5.88 Å². The average Bonchev–Trinajstić information content (AvgIpc) is 3.29. The van der Waals surface area contributed by atoms with E-state index >= 15 is 0 Å². The molecule has 160 valence electrons. The fraction of sp³-hybridized carbons (Fsp3) is 0.450. The summed E-state index contributed by atoms with van der Waals surface area (Å²) in [6, 6.07) is 7.98. The third-order valence-corrected chi connectivity index (χ3v) is 6.49. The van der Waals surface area contributed by atoms with E-state index in [-0.39, 0.29) is 12.2 Å². The molecule has 3 heterocycles. The van der Waals surface area contributed by atoms with Gasteiger partial charge in [-0.25, -0.2) is 4.98 Å². The molecule has 0 aliphatic carbocycles. The Morgan fingerprint density at radius 3 is 2.83 bits per heavy atom. The van der Waals surface area contributed by atoms with Crippen molar-refractivity contribution in [1.29, 1.82) is 0 Å². The lowest BCUT2D eigenvalue weighted by Crippen LogP contribution is -2.57. The van der Waals surface area contributed by atoms with Gasteiger partial charge in [-0.1, -0.05) is 22.9 Å². The second-order valence-electron chi connectivity index (χ2n) is 7.50. The SMILES string of the molecule is C[C@@H]1CN(c2nc3ccc(Cl)cc3s2)C[C@H](C)N1CCOc1cc(CC(=O)O)on1. The second-order valence-corrected chi connectivity index (χ2v) is 8.95. The first-order chi connectivity index (χ1) is 14.4. The maximum absolute atomic E-state index is 10.7. The zero-order chi connectivity index (χ0) is 21.3. The summed E-state index contributed by atoms with van der Waals surface area (Å²) >= 11 is 7.78. The molecule has 4 rings (SSSR count). The van der Waals surface area contributed by atoms with Crippen LogP contribution in [0.1, 0.15) is 19.6 Å². The summed E-state index contributed by atoms with van der Waals surface area (Å²) in [5.41, 5.74) is 0.977. The summed E-state index contributed by atoms with van der Waals surface area (Å²) in [5.74, 6) is -0.363.